The van der Waals surface area contributed by atoms with Gasteiger partial charge < -0.3 is 5.32 Å². The SMILES string of the molecule is Cc1ccccc1-c1ccccc1-c1cc2c(cc1-c1ccccc1Nc1ccccc1)C(C)(C)c1ccccc1-2. The van der Waals surface area contributed by atoms with Crippen LogP contribution in [0.5, 0.6) is 0 Å². The van der Waals surface area contributed by atoms with Crippen LogP contribution in [0, 0.1) is 6.92 Å². The highest BCUT2D eigenvalue weighted by atomic mass is 14.9. The van der Waals surface area contributed by atoms with Gasteiger partial charge in [-0.3, -0.25) is 0 Å². The molecule has 0 heterocycles. The van der Waals surface area contributed by atoms with E-state index in [0.29, 0.717) is 0 Å². The monoisotopic (exact) mass is 527 g/mol. The van der Waals surface area contributed by atoms with Gasteiger partial charge in [0.1, 0.15) is 0 Å². The molecule has 0 aliphatic heterocycles. The van der Waals surface area contributed by atoms with Crippen molar-refractivity contribution in [2.24, 2.45) is 0 Å². The minimum absolute atomic E-state index is 0.0868. The average molecular weight is 528 g/mol. The first-order valence-electron chi connectivity index (χ1n) is 14.4. The summed E-state index contributed by atoms with van der Waals surface area (Å²) in [6, 6.07) is 50.5. The number of para-hydroxylation sites is 2. The van der Waals surface area contributed by atoms with E-state index in [1.54, 1.807) is 0 Å². The molecule has 0 radical (unpaired) electrons. The molecule has 1 N–H and O–H groups in total. The van der Waals surface area contributed by atoms with Crippen LogP contribution in [0.4, 0.5) is 11.4 Å². The minimum Gasteiger partial charge on any atom is -0.355 e. The Morgan fingerprint density at radius 2 is 0.951 bits per heavy atom. The number of benzene rings is 6. The second-order valence-corrected chi connectivity index (χ2v) is 11.5. The van der Waals surface area contributed by atoms with E-state index >= 15 is 0 Å². The Morgan fingerprint density at radius 1 is 0.415 bits per heavy atom. The van der Waals surface area contributed by atoms with Crippen LogP contribution in [0.15, 0.2) is 140 Å². The number of aryl methyl sites for hydroxylation is 1. The van der Waals surface area contributed by atoms with Crippen molar-refractivity contribution in [3.8, 4) is 44.5 Å². The molecule has 41 heavy (non-hydrogen) atoms. The fourth-order valence-electron chi connectivity index (χ4n) is 6.53. The molecule has 7 rings (SSSR count). The molecule has 6 aromatic carbocycles. The standard InChI is InChI=1S/C40H33N/c1-27-15-7-8-18-29(27)30-19-9-10-20-31(30)34-25-36-32-21-11-13-23-37(32)40(2,3)38(36)26-35(34)33-22-12-14-24-39(33)41-28-16-5-4-6-17-28/h4-26,41H,1-3H3. The molecule has 198 valence electrons. The van der Waals surface area contributed by atoms with Crippen molar-refractivity contribution < 1.29 is 0 Å². The van der Waals surface area contributed by atoms with Crippen LogP contribution in [0.25, 0.3) is 44.5 Å². The van der Waals surface area contributed by atoms with Crippen LogP contribution in [-0.2, 0) is 5.41 Å². The summed E-state index contributed by atoms with van der Waals surface area (Å²) in [7, 11) is 0. The van der Waals surface area contributed by atoms with E-state index in [1.807, 2.05) is 0 Å². The number of hydrogen-bond donors (Lipinski definition) is 1. The largest absolute Gasteiger partial charge is 0.355 e. The molecule has 1 aliphatic carbocycles. The molecular weight excluding hydrogens is 494 g/mol. The van der Waals surface area contributed by atoms with Gasteiger partial charge in [0.25, 0.3) is 0 Å². The lowest BCUT2D eigenvalue weighted by atomic mass is 9.79. The number of anilines is 2. The van der Waals surface area contributed by atoms with Gasteiger partial charge in [0.15, 0.2) is 0 Å². The summed E-state index contributed by atoms with van der Waals surface area (Å²) in [5, 5.41) is 3.71. The molecule has 0 amide bonds. The van der Waals surface area contributed by atoms with Crippen molar-refractivity contribution >= 4 is 11.4 Å². The topological polar surface area (TPSA) is 12.0 Å². The summed E-state index contributed by atoms with van der Waals surface area (Å²) in [6.07, 6.45) is 0. The second kappa shape index (κ2) is 9.94. The first kappa shape index (κ1) is 25.1. The zero-order valence-corrected chi connectivity index (χ0v) is 23.8. The Morgan fingerprint density at radius 3 is 1.68 bits per heavy atom. The summed E-state index contributed by atoms with van der Waals surface area (Å²) in [4.78, 5) is 0. The summed E-state index contributed by atoms with van der Waals surface area (Å²) < 4.78 is 0. The molecule has 1 nitrogen and oxygen atoms in total. The number of hydrogen-bond acceptors (Lipinski definition) is 1. The summed E-state index contributed by atoms with van der Waals surface area (Å²) in [6.45, 7) is 6.92. The van der Waals surface area contributed by atoms with Gasteiger partial charge in [0.05, 0.1) is 0 Å². The smallest absolute Gasteiger partial charge is 0.0464 e. The lowest BCUT2D eigenvalue weighted by Gasteiger charge is -2.24. The minimum atomic E-state index is -0.0868. The van der Waals surface area contributed by atoms with Crippen molar-refractivity contribution in [2.75, 3.05) is 5.32 Å². The molecule has 0 spiro atoms. The van der Waals surface area contributed by atoms with Gasteiger partial charge in [-0.2, -0.15) is 0 Å². The molecule has 1 aliphatic rings. The van der Waals surface area contributed by atoms with Gasteiger partial charge in [-0.05, 0) is 92.9 Å². The molecule has 0 saturated heterocycles. The summed E-state index contributed by atoms with van der Waals surface area (Å²) in [5.74, 6) is 0. The first-order valence-corrected chi connectivity index (χ1v) is 14.4. The van der Waals surface area contributed by atoms with Gasteiger partial charge in [0, 0.05) is 22.4 Å². The lowest BCUT2D eigenvalue weighted by molar-refractivity contribution is 0.660. The van der Waals surface area contributed by atoms with Crippen LogP contribution in [0.1, 0.15) is 30.5 Å². The van der Waals surface area contributed by atoms with Gasteiger partial charge in [-0.25, -0.2) is 0 Å². The maximum atomic E-state index is 3.71. The van der Waals surface area contributed by atoms with Crippen molar-refractivity contribution in [3.05, 3.63) is 156 Å². The van der Waals surface area contributed by atoms with Crippen molar-refractivity contribution in [1.82, 2.24) is 0 Å². The third-order valence-corrected chi connectivity index (χ3v) is 8.64. The van der Waals surface area contributed by atoms with E-state index in [0.717, 1.165) is 11.4 Å². The molecule has 0 unspecified atom stereocenters. The maximum absolute atomic E-state index is 3.71. The number of fused-ring (bicyclic) bond motifs is 3. The molecular formula is C40H33N. The number of rotatable bonds is 5. The zero-order chi connectivity index (χ0) is 28.0. The first-order chi connectivity index (χ1) is 20.0. The summed E-state index contributed by atoms with van der Waals surface area (Å²) in [5.41, 5.74) is 16.3. The van der Waals surface area contributed by atoms with E-state index in [9.17, 15) is 0 Å². The van der Waals surface area contributed by atoms with Crippen LogP contribution < -0.4 is 5.32 Å². The van der Waals surface area contributed by atoms with E-state index in [2.05, 4.69) is 166 Å². The van der Waals surface area contributed by atoms with Crippen molar-refractivity contribution in [1.29, 1.82) is 0 Å². The molecule has 0 atom stereocenters. The molecule has 0 saturated carbocycles. The van der Waals surface area contributed by atoms with E-state index in [1.165, 1.54) is 61.2 Å². The fourth-order valence-corrected chi connectivity index (χ4v) is 6.53. The van der Waals surface area contributed by atoms with Gasteiger partial charge >= 0.3 is 0 Å². The van der Waals surface area contributed by atoms with Gasteiger partial charge in [-0.15, -0.1) is 0 Å². The lowest BCUT2D eigenvalue weighted by Crippen LogP contribution is -2.15. The van der Waals surface area contributed by atoms with Gasteiger partial charge in [0.2, 0.25) is 0 Å². The Kier molecular flexibility index (Phi) is 6.09. The fraction of sp³-hybridized carbons (Fsp3) is 0.100. The third kappa shape index (κ3) is 4.26. The third-order valence-electron chi connectivity index (χ3n) is 8.64. The molecule has 0 fully saturated rings. The molecule has 1 heteroatoms. The number of nitrogens with one attached hydrogen (secondary N) is 1. The average Bonchev–Trinajstić information content (AvgIpc) is 3.23. The van der Waals surface area contributed by atoms with Crippen molar-refractivity contribution in [3.63, 3.8) is 0 Å². The predicted octanol–water partition coefficient (Wildman–Crippen LogP) is 11.0. The zero-order valence-electron chi connectivity index (χ0n) is 23.8. The van der Waals surface area contributed by atoms with Crippen LogP contribution in [-0.4, -0.2) is 0 Å². The highest BCUT2D eigenvalue weighted by molar-refractivity contribution is 5.99. The quantitative estimate of drug-likeness (QED) is 0.235. The van der Waals surface area contributed by atoms with E-state index in [-0.39, 0.29) is 5.41 Å². The normalized spacial score (nSPS) is 13.0. The summed E-state index contributed by atoms with van der Waals surface area (Å²) >= 11 is 0. The highest BCUT2D eigenvalue weighted by Gasteiger charge is 2.36. The van der Waals surface area contributed by atoms with Crippen LogP contribution in [0.3, 0.4) is 0 Å². The second-order valence-electron chi connectivity index (χ2n) is 11.5. The van der Waals surface area contributed by atoms with Crippen LogP contribution in [0.2, 0.25) is 0 Å². The van der Waals surface area contributed by atoms with E-state index < -0.39 is 0 Å². The Hall–Kier alpha value is -4.88. The Bertz CT molecular complexity index is 1890. The molecule has 0 bridgehead atoms. The van der Waals surface area contributed by atoms with Crippen LogP contribution >= 0.6 is 0 Å². The Labute approximate surface area is 243 Å². The highest BCUT2D eigenvalue weighted by Crippen LogP contribution is 2.53. The van der Waals surface area contributed by atoms with Gasteiger partial charge in [-0.1, -0.05) is 123 Å². The van der Waals surface area contributed by atoms with Crippen molar-refractivity contribution in [2.45, 2.75) is 26.2 Å². The maximum Gasteiger partial charge on any atom is 0.0464 e. The molecule has 6 aromatic rings. The molecule has 0 aromatic heterocycles. The Balaban J connectivity index is 1.53. The van der Waals surface area contributed by atoms with E-state index in [4.69, 9.17) is 0 Å². The predicted molar refractivity (Wildman–Crippen MR) is 175 cm³/mol.